The normalized spacial score (nSPS) is 16.3. The van der Waals surface area contributed by atoms with Crippen LogP contribution in [0.4, 0.5) is 0 Å². The van der Waals surface area contributed by atoms with Gasteiger partial charge in [-0.05, 0) is 53.6 Å². The Morgan fingerprint density at radius 1 is 1.08 bits per heavy atom. The average Bonchev–Trinajstić information content (AvgIpc) is 3.08. The van der Waals surface area contributed by atoms with Gasteiger partial charge in [0.25, 0.3) is 0 Å². The number of phenols is 1. The number of hydrogen-bond donors (Lipinski definition) is 2. The van der Waals surface area contributed by atoms with E-state index in [0.29, 0.717) is 5.75 Å². The molecule has 0 radical (unpaired) electrons. The molecule has 5 heteroatoms. The van der Waals surface area contributed by atoms with E-state index < -0.39 is 6.10 Å². The summed E-state index contributed by atoms with van der Waals surface area (Å²) in [7, 11) is 1.50. The fraction of sp³-hybridized carbons (Fsp3) is 0.400. The predicted molar refractivity (Wildman–Crippen MR) is 94.2 cm³/mol. The molecule has 1 aliphatic rings. The molecule has 2 N–H and O–H groups in total. The molecule has 0 fully saturated rings. The molecule has 0 saturated heterocycles. The molecule has 0 amide bonds. The predicted octanol–water partition coefficient (Wildman–Crippen LogP) is 3.68. The maximum Gasteiger partial charge on any atom is 0.231 e. The maximum atomic E-state index is 10.7. The molecule has 1 heterocycles. The molecule has 2 aromatic rings. The zero-order valence-electron chi connectivity index (χ0n) is 14.7. The third-order valence-electron chi connectivity index (χ3n) is 4.94. The van der Waals surface area contributed by atoms with Gasteiger partial charge in [-0.25, -0.2) is 0 Å². The zero-order chi connectivity index (χ0) is 18.0. The summed E-state index contributed by atoms with van der Waals surface area (Å²) in [5.41, 5.74) is 1.89. The monoisotopic (exact) mass is 344 g/mol. The topological polar surface area (TPSA) is 68.2 Å². The van der Waals surface area contributed by atoms with Gasteiger partial charge in [0.2, 0.25) is 6.79 Å². The number of rotatable bonds is 6. The van der Waals surface area contributed by atoms with E-state index in [1.54, 1.807) is 18.2 Å². The van der Waals surface area contributed by atoms with Gasteiger partial charge < -0.3 is 24.4 Å². The highest BCUT2D eigenvalue weighted by atomic mass is 16.7. The summed E-state index contributed by atoms with van der Waals surface area (Å²) in [4.78, 5) is 0. The van der Waals surface area contributed by atoms with Gasteiger partial charge in [0.05, 0.1) is 13.2 Å². The van der Waals surface area contributed by atoms with Crippen molar-refractivity contribution in [3.8, 4) is 23.0 Å². The summed E-state index contributed by atoms with van der Waals surface area (Å²) in [6.07, 6.45) is 0.183. The van der Waals surface area contributed by atoms with Crippen molar-refractivity contribution in [2.75, 3.05) is 13.9 Å². The standard InChI is InChI=1S/C20H24O5/c1-12(8-14-4-7-17-19(9-14)25-11-24-17)13(2)20(22)15-5-6-16(21)18(10-15)23-3/h4-7,9-10,12-13,20-22H,8,11H2,1-3H3/t12-,13+,20+/m1/s1. The first-order valence-electron chi connectivity index (χ1n) is 8.43. The quantitative estimate of drug-likeness (QED) is 0.837. The third kappa shape index (κ3) is 3.66. The van der Waals surface area contributed by atoms with Crippen molar-refractivity contribution >= 4 is 0 Å². The number of phenolic OH excluding ortho intramolecular Hbond substituents is 1. The van der Waals surface area contributed by atoms with Gasteiger partial charge in [0, 0.05) is 0 Å². The zero-order valence-corrected chi connectivity index (χ0v) is 14.7. The number of fused-ring (bicyclic) bond motifs is 1. The van der Waals surface area contributed by atoms with E-state index in [-0.39, 0.29) is 24.4 Å². The Bertz CT molecular complexity index is 743. The van der Waals surface area contributed by atoms with Crippen molar-refractivity contribution in [2.45, 2.75) is 26.4 Å². The second-order valence-electron chi connectivity index (χ2n) is 6.60. The number of aromatic hydroxyl groups is 1. The van der Waals surface area contributed by atoms with Crippen molar-refractivity contribution in [1.82, 2.24) is 0 Å². The van der Waals surface area contributed by atoms with Crippen LogP contribution in [0.3, 0.4) is 0 Å². The summed E-state index contributed by atoms with van der Waals surface area (Å²) in [6.45, 7) is 4.42. The second kappa shape index (κ2) is 7.23. The van der Waals surface area contributed by atoms with Crippen LogP contribution in [0, 0.1) is 11.8 Å². The molecule has 0 aromatic heterocycles. The molecule has 3 atom stereocenters. The lowest BCUT2D eigenvalue weighted by Crippen LogP contribution is -2.19. The minimum absolute atomic E-state index is 0.0275. The minimum Gasteiger partial charge on any atom is -0.504 e. The van der Waals surface area contributed by atoms with E-state index in [1.807, 2.05) is 25.1 Å². The Balaban J connectivity index is 1.70. The first-order valence-corrected chi connectivity index (χ1v) is 8.43. The van der Waals surface area contributed by atoms with Crippen LogP contribution in [-0.4, -0.2) is 24.1 Å². The van der Waals surface area contributed by atoms with Crippen LogP contribution in [0.2, 0.25) is 0 Å². The molecule has 0 aliphatic carbocycles. The van der Waals surface area contributed by atoms with E-state index in [0.717, 1.165) is 29.0 Å². The van der Waals surface area contributed by atoms with Crippen LogP contribution in [0.25, 0.3) is 0 Å². The Labute approximate surface area is 147 Å². The number of methoxy groups -OCH3 is 1. The van der Waals surface area contributed by atoms with Crippen molar-refractivity contribution in [3.63, 3.8) is 0 Å². The summed E-state index contributed by atoms with van der Waals surface area (Å²) in [6, 6.07) is 10.9. The van der Waals surface area contributed by atoms with Gasteiger partial charge in [-0.3, -0.25) is 0 Å². The van der Waals surface area contributed by atoms with E-state index in [2.05, 4.69) is 6.92 Å². The Morgan fingerprint density at radius 2 is 1.84 bits per heavy atom. The molecule has 2 aromatic carbocycles. The third-order valence-corrected chi connectivity index (χ3v) is 4.94. The highest BCUT2D eigenvalue weighted by Crippen LogP contribution is 2.36. The summed E-state index contributed by atoms with van der Waals surface area (Å²) in [5, 5.41) is 20.4. The molecular weight excluding hydrogens is 320 g/mol. The Morgan fingerprint density at radius 3 is 2.60 bits per heavy atom. The van der Waals surface area contributed by atoms with Crippen molar-refractivity contribution in [1.29, 1.82) is 0 Å². The molecule has 5 nitrogen and oxygen atoms in total. The van der Waals surface area contributed by atoms with Gasteiger partial charge in [-0.15, -0.1) is 0 Å². The SMILES string of the molecule is COc1cc([C@@H](O)[C@@H](C)[C@H](C)Cc2ccc3c(c2)OCO3)ccc1O. The molecule has 0 bridgehead atoms. The summed E-state index contributed by atoms with van der Waals surface area (Å²) < 4.78 is 15.9. The molecule has 25 heavy (non-hydrogen) atoms. The van der Waals surface area contributed by atoms with Crippen LogP contribution in [0.15, 0.2) is 36.4 Å². The van der Waals surface area contributed by atoms with Crippen LogP contribution >= 0.6 is 0 Å². The number of aliphatic hydroxyl groups excluding tert-OH is 1. The molecule has 0 spiro atoms. The molecule has 1 aliphatic heterocycles. The Kier molecular flexibility index (Phi) is 5.04. The lowest BCUT2D eigenvalue weighted by Gasteiger charge is -2.26. The summed E-state index contributed by atoms with van der Waals surface area (Å²) >= 11 is 0. The molecule has 0 unspecified atom stereocenters. The minimum atomic E-state index is -0.640. The largest absolute Gasteiger partial charge is 0.504 e. The Hall–Kier alpha value is -2.40. The van der Waals surface area contributed by atoms with E-state index in [1.165, 1.54) is 7.11 Å². The molecule has 3 rings (SSSR count). The first-order chi connectivity index (χ1) is 12.0. The van der Waals surface area contributed by atoms with Gasteiger partial charge in [0.15, 0.2) is 23.0 Å². The van der Waals surface area contributed by atoms with Crippen molar-refractivity contribution in [2.24, 2.45) is 11.8 Å². The second-order valence-corrected chi connectivity index (χ2v) is 6.60. The highest BCUT2D eigenvalue weighted by molar-refractivity contribution is 5.45. The number of ether oxygens (including phenoxy) is 3. The van der Waals surface area contributed by atoms with E-state index in [4.69, 9.17) is 14.2 Å². The molecule has 0 saturated carbocycles. The fourth-order valence-electron chi connectivity index (χ4n) is 3.12. The van der Waals surface area contributed by atoms with Crippen molar-refractivity contribution in [3.05, 3.63) is 47.5 Å². The van der Waals surface area contributed by atoms with Crippen LogP contribution in [0.5, 0.6) is 23.0 Å². The lowest BCUT2D eigenvalue weighted by atomic mass is 9.83. The lowest BCUT2D eigenvalue weighted by molar-refractivity contribution is 0.0869. The molecular formula is C20H24O5. The highest BCUT2D eigenvalue weighted by Gasteiger charge is 2.24. The van der Waals surface area contributed by atoms with E-state index in [9.17, 15) is 10.2 Å². The van der Waals surface area contributed by atoms with Gasteiger partial charge in [0.1, 0.15) is 0 Å². The van der Waals surface area contributed by atoms with Gasteiger partial charge >= 0.3 is 0 Å². The maximum absolute atomic E-state index is 10.7. The van der Waals surface area contributed by atoms with Crippen LogP contribution in [-0.2, 0) is 6.42 Å². The fourth-order valence-corrected chi connectivity index (χ4v) is 3.12. The summed E-state index contributed by atoms with van der Waals surface area (Å²) in [5.74, 6) is 2.27. The van der Waals surface area contributed by atoms with Crippen molar-refractivity contribution < 1.29 is 24.4 Å². The number of hydrogen-bond acceptors (Lipinski definition) is 5. The van der Waals surface area contributed by atoms with Gasteiger partial charge in [-0.1, -0.05) is 26.0 Å². The average molecular weight is 344 g/mol. The first kappa shape index (κ1) is 17.4. The van der Waals surface area contributed by atoms with E-state index >= 15 is 0 Å². The smallest absolute Gasteiger partial charge is 0.231 e. The number of benzene rings is 2. The molecule has 134 valence electrons. The van der Waals surface area contributed by atoms with Crippen LogP contribution in [0.1, 0.15) is 31.1 Å². The van der Waals surface area contributed by atoms with Gasteiger partial charge in [-0.2, -0.15) is 0 Å². The number of aliphatic hydroxyl groups is 1. The van der Waals surface area contributed by atoms with Crippen LogP contribution < -0.4 is 14.2 Å².